The molecule has 2 aromatic rings. The fraction of sp³-hybridized carbons (Fsp3) is 0.625. The second kappa shape index (κ2) is 18.9. The lowest BCUT2D eigenvalue weighted by Gasteiger charge is -2.17. The maximum absolute atomic E-state index is 12.0. The molecule has 0 radical (unpaired) electrons. The second-order valence-electron chi connectivity index (χ2n) is 11.9. The summed E-state index contributed by atoms with van der Waals surface area (Å²) in [6, 6.07) is 0. The first kappa shape index (κ1) is 40.7. The molecule has 0 bridgehead atoms. The topological polar surface area (TPSA) is 246 Å². The Hall–Kier alpha value is -4.48. The SMILES string of the molecule is CC(=O)CCC(=O)O.CC[C@H]1O[C@@H](n2cc(C)c(=O)[nH]c2=O)CC1O.CC[C@H]1O[C@@H](n2cc(C)c(=O)[nH]c2=O)CC1OC(=O)CCC(C)=O. The monoisotopic (exact) mass is 694 g/mol. The van der Waals surface area contributed by atoms with Crippen LogP contribution in [0.4, 0.5) is 0 Å². The number of H-pyrrole nitrogens is 2. The quantitative estimate of drug-likeness (QED) is 0.242. The van der Waals surface area contributed by atoms with E-state index in [2.05, 4.69) is 9.97 Å². The number of aromatic nitrogens is 4. The predicted molar refractivity (Wildman–Crippen MR) is 173 cm³/mol. The summed E-state index contributed by atoms with van der Waals surface area (Å²) in [5.41, 5.74) is -1.05. The zero-order chi connectivity index (χ0) is 37.0. The molecule has 0 saturated carbocycles. The van der Waals surface area contributed by atoms with Crippen molar-refractivity contribution in [2.45, 2.75) is 130 Å². The molecule has 17 heteroatoms. The largest absolute Gasteiger partial charge is 0.481 e. The lowest BCUT2D eigenvalue weighted by atomic mass is 10.1. The molecule has 49 heavy (non-hydrogen) atoms. The van der Waals surface area contributed by atoms with Gasteiger partial charge in [-0.25, -0.2) is 9.59 Å². The molecular weight excluding hydrogens is 648 g/mol. The minimum atomic E-state index is -0.916. The number of ketones is 2. The van der Waals surface area contributed by atoms with Crippen molar-refractivity contribution in [1.82, 2.24) is 19.1 Å². The molecule has 0 spiro atoms. The van der Waals surface area contributed by atoms with Gasteiger partial charge in [0.15, 0.2) is 0 Å². The van der Waals surface area contributed by atoms with Crippen molar-refractivity contribution in [3.63, 3.8) is 0 Å². The van der Waals surface area contributed by atoms with Crippen LogP contribution in [0.3, 0.4) is 0 Å². The van der Waals surface area contributed by atoms with Gasteiger partial charge >= 0.3 is 23.3 Å². The highest BCUT2D eigenvalue weighted by atomic mass is 16.6. The van der Waals surface area contributed by atoms with Crippen LogP contribution in [0.5, 0.6) is 0 Å². The summed E-state index contributed by atoms with van der Waals surface area (Å²) in [5.74, 6) is -1.52. The van der Waals surface area contributed by atoms with Crippen LogP contribution in [0.25, 0.3) is 0 Å². The van der Waals surface area contributed by atoms with Gasteiger partial charge in [-0.05, 0) is 40.5 Å². The second-order valence-corrected chi connectivity index (χ2v) is 11.9. The summed E-state index contributed by atoms with van der Waals surface area (Å²) in [5, 5.41) is 17.7. The van der Waals surface area contributed by atoms with Gasteiger partial charge in [-0.3, -0.25) is 38.3 Å². The number of aromatic amines is 2. The van der Waals surface area contributed by atoms with E-state index in [1.807, 2.05) is 13.8 Å². The molecule has 6 atom stereocenters. The van der Waals surface area contributed by atoms with Gasteiger partial charge in [0, 0.05) is 49.2 Å². The van der Waals surface area contributed by atoms with Crippen molar-refractivity contribution in [2.75, 3.05) is 0 Å². The van der Waals surface area contributed by atoms with E-state index >= 15 is 0 Å². The number of aliphatic carboxylic acids is 1. The number of carbonyl (C=O) groups is 4. The molecule has 4 heterocycles. The number of nitrogens with one attached hydrogen (secondary N) is 2. The minimum Gasteiger partial charge on any atom is -0.481 e. The molecular formula is C32H46N4O13. The molecule has 0 aliphatic carbocycles. The average molecular weight is 695 g/mol. The third-order valence-electron chi connectivity index (χ3n) is 7.76. The number of aliphatic hydroxyl groups excluding tert-OH is 1. The Bertz CT molecular complexity index is 1690. The van der Waals surface area contributed by atoms with E-state index in [-0.39, 0.29) is 49.5 Å². The minimum absolute atomic E-state index is 0.0324. The van der Waals surface area contributed by atoms with Gasteiger partial charge in [0.2, 0.25) is 0 Å². The summed E-state index contributed by atoms with van der Waals surface area (Å²) in [6.45, 7) is 9.82. The number of carboxylic acids is 1. The number of nitrogens with zero attached hydrogens (tertiary/aromatic N) is 2. The number of rotatable bonds is 11. The average Bonchev–Trinajstić information content (AvgIpc) is 3.61. The number of hydrogen-bond acceptors (Lipinski definition) is 12. The van der Waals surface area contributed by atoms with E-state index in [0.717, 1.165) is 0 Å². The van der Waals surface area contributed by atoms with Crippen LogP contribution in [-0.2, 0) is 33.4 Å². The molecule has 2 saturated heterocycles. The fourth-order valence-corrected chi connectivity index (χ4v) is 5.00. The van der Waals surface area contributed by atoms with Crippen LogP contribution in [0.15, 0.2) is 31.6 Å². The zero-order valence-corrected chi connectivity index (χ0v) is 28.6. The smallest absolute Gasteiger partial charge is 0.330 e. The van der Waals surface area contributed by atoms with Crippen LogP contribution in [0.1, 0.15) is 103 Å². The number of esters is 1. The molecule has 2 fully saturated rings. The highest BCUT2D eigenvalue weighted by Gasteiger charge is 2.38. The van der Waals surface area contributed by atoms with E-state index < -0.39 is 59.1 Å². The van der Waals surface area contributed by atoms with Gasteiger partial charge in [0.05, 0.1) is 31.2 Å². The molecule has 272 valence electrons. The van der Waals surface area contributed by atoms with E-state index in [0.29, 0.717) is 36.8 Å². The molecule has 2 aliphatic rings. The first-order chi connectivity index (χ1) is 23.0. The molecule has 2 unspecified atom stereocenters. The Morgan fingerprint density at radius 2 is 1.22 bits per heavy atom. The lowest BCUT2D eigenvalue weighted by molar-refractivity contribution is -0.152. The van der Waals surface area contributed by atoms with Crippen LogP contribution >= 0.6 is 0 Å². The summed E-state index contributed by atoms with van der Waals surface area (Å²) in [6.07, 6.45) is 2.42. The summed E-state index contributed by atoms with van der Waals surface area (Å²) >= 11 is 0. The van der Waals surface area contributed by atoms with Crippen molar-refractivity contribution in [3.8, 4) is 0 Å². The van der Waals surface area contributed by atoms with Crippen molar-refractivity contribution in [3.05, 3.63) is 65.2 Å². The fourth-order valence-electron chi connectivity index (χ4n) is 5.00. The molecule has 2 aliphatic heterocycles. The Kier molecular flexibility index (Phi) is 15.7. The number of carboxylic acid groups (broad SMARTS) is 1. The molecule has 0 aromatic carbocycles. The highest BCUT2D eigenvalue weighted by Crippen LogP contribution is 2.32. The van der Waals surface area contributed by atoms with Crippen molar-refractivity contribution in [2.24, 2.45) is 0 Å². The molecule has 4 rings (SSSR count). The first-order valence-electron chi connectivity index (χ1n) is 16.0. The van der Waals surface area contributed by atoms with Crippen molar-refractivity contribution in [1.29, 1.82) is 0 Å². The number of hydrogen-bond donors (Lipinski definition) is 4. The maximum atomic E-state index is 12.0. The normalized spacial score (nSPS) is 22.7. The van der Waals surface area contributed by atoms with E-state index in [9.17, 15) is 43.5 Å². The number of carbonyl (C=O) groups excluding carboxylic acids is 3. The Balaban J connectivity index is 0.000000289. The third kappa shape index (κ3) is 12.5. The number of Topliss-reactive ketones (excluding diaryl/α,β-unsaturated/α-hetero) is 2. The van der Waals surface area contributed by atoms with Gasteiger partial charge in [-0.2, -0.15) is 0 Å². The van der Waals surface area contributed by atoms with Gasteiger partial charge in [0.25, 0.3) is 11.1 Å². The molecule has 0 amide bonds. The summed E-state index contributed by atoms with van der Waals surface area (Å²) < 4.78 is 19.4. The van der Waals surface area contributed by atoms with Crippen molar-refractivity contribution < 1.29 is 43.6 Å². The third-order valence-corrected chi connectivity index (χ3v) is 7.76. The van der Waals surface area contributed by atoms with E-state index in [1.54, 1.807) is 13.8 Å². The molecule has 17 nitrogen and oxygen atoms in total. The van der Waals surface area contributed by atoms with Gasteiger partial charge in [-0.15, -0.1) is 0 Å². The maximum Gasteiger partial charge on any atom is 0.330 e. The number of aryl methyl sites for hydroxylation is 2. The standard InChI is InChI=1S/C16H22N2O6.C11H16N2O4.C5H8O3/c1-4-11-12(24-14(20)6-5-10(3)19)7-13(23-11)18-8-9(2)15(21)17-16(18)22;1-3-8-7(14)4-9(17-8)13-5-6(2)10(15)12-11(13)16;1-4(6)2-3-5(7)8/h8,11-13H,4-7H2,1-3H3,(H,17,21,22);5,7-9,14H,3-4H2,1-2H3,(H,12,15,16);2-3H2,1H3,(H,7,8)/t11-,12?,13-;7?,8-,9-;/m11./s1. The Morgan fingerprint density at radius 1 is 0.776 bits per heavy atom. The zero-order valence-electron chi connectivity index (χ0n) is 28.6. The van der Waals surface area contributed by atoms with E-state index in [1.165, 1.54) is 35.4 Å². The Morgan fingerprint density at radius 3 is 1.63 bits per heavy atom. The molecule has 2 aromatic heterocycles. The lowest BCUT2D eigenvalue weighted by Crippen LogP contribution is -2.33. The first-order valence-corrected chi connectivity index (χ1v) is 16.0. The van der Waals surface area contributed by atoms with Gasteiger partial charge in [0.1, 0.15) is 30.1 Å². The van der Waals surface area contributed by atoms with Gasteiger partial charge < -0.3 is 34.0 Å². The molecule has 4 N–H and O–H groups in total. The summed E-state index contributed by atoms with van der Waals surface area (Å²) in [4.78, 5) is 93.3. The number of aliphatic hydroxyl groups is 1. The number of ether oxygens (including phenoxy) is 3. The predicted octanol–water partition coefficient (Wildman–Crippen LogP) is 1.17. The van der Waals surface area contributed by atoms with Crippen LogP contribution < -0.4 is 22.5 Å². The van der Waals surface area contributed by atoms with E-state index in [4.69, 9.17) is 19.3 Å². The van der Waals surface area contributed by atoms with Crippen LogP contribution in [0, 0.1) is 13.8 Å². The van der Waals surface area contributed by atoms with Crippen LogP contribution in [-0.4, -0.2) is 77.2 Å². The highest BCUT2D eigenvalue weighted by molar-refractivity contribution is 5.81. The summed E-state index contributed by atoms with van der Waals surface area (Å²) in [7, 11) is 0. The van der Waals surface area contributed by atoms with Crippen molar-refractivity contribution >= 4 is 23.5 Å². The van der Waals surface area contributed by atoms with Crippen LogP contribution in [0.2, 0.25) is 0 Å². The Labute approximate surface area is 281 Å². The van der Waals surface area contributed by atoms with Gasteiger partial charge in [-0.1, -0.05) is 13.8 Å².